The van der Waals surface area contributed by atoms with Crippen LogP contribution in [0.25, 0.3) is 77.2 Å². The molecule has 5 heteroatoms. The summed E-state index contributed by atoms with van der Waals surface area (Å²) in [7, 11) is 0. The third-order valence-electron chi connectivity index (χ3n) is 12.9. The summed E-state index contributed by atoms with van der Waals surface area (Å²) in [6.07, 6.45) is 0. The number of hydrogen-bond acceptors (Lipinski definition) is 1. The van der Waals surface area contributed by atoms with E-state index in [9.17, 15) is 0 Å². The highest BCUT2D eigenvalue weighted by molar-refractivity contribution is 6.14. The van der Waals surface area contributed by atoms with Crippen molar-refractivity contribution in [2.45, 2.75) is 32.7 Å². The monoisotopic (exact) mass is 863 g/mol. The largest absolute Gasteiger partial charge is 0.309 e. The fourth-order valence-electron chi connectivity index (χ4n) is 9.43. The molecule has 322 valence electrons. The van der Waals surface area contributed by atoms with Crippen LogP contribution in [-0.4, -0.2) is 27.5 Å². The molecule has 0 amide bonds. The maximum atomic E-state index is 5.06. The fraction of sp³-hybridized carbons (Fsp3) is 0.0806. The van der Waals surface area contributed by atoms with E-state index in [2.05, 4.69) is 211 Å². The van der Waals surface area contributed by atoms with Crippen molar-refractivity contribution in [2.24, 2.45) is 15.0 Å². The average Bonchev–Trinajstić information content (AvgIpc) is 3.89. The molecule has 2 aromatic heterocycles. The van der Waals surface area contributed by atoms with Crippen LogP contribution in [0, 0.1) is 0 Å². The summed E-state index contributed by atoms with van der Waals surface area (Å²) in [5.41, 5.74) is 15.8. The van der Waals surface area contributed by atoms with E-state index < -0.39 is 0 Å². The quantitative estimate of drug-likeness (QED) is 0.108. The molecule has 2 heterocycles. The number of benzene rings is 9. The van der Waals surface area contributed by atoms with E-state index in [4.69, 9.17) is 9.98 Å². The van der Waals surface area contributed by atoms with Crippen LogP contribution in [0.4, 0.5) is 0 Å². The summed E-state index contributed by atoms with van der Waals surface area (Å²) in [6, 6.07) is 77.9. The van der Waals surface area contributed by atoms with Gasteiger partial charge in [0.25, 0.3) is 0 Å². The molecule has 0 radical (unpaired) electrons. The van der Waals surface area contributed by atoms with E-state index in [1.165, 1.54) is 49.3 Å². The Morgan fingerprint density at radius 2 is 0.896 bits per heavy atom. The van der Waals surface area contributed by atoms with Gasteiger partial charge in [0.2, 0.25) is 0 Å². The van der Waals surface area contributed by atoms with E-state index in [-0.39, 0.29) is 5.41 Å². The highest BCUT2D eigenvalue weighted by Gasteiger charge is 2.18. The predicted octanol–water partition coefficient (Wildman–Crippen LogP) is 15.6. The Morgan fingerprint density at radius 3 is 1.48 bits per heavy atom. The molecule has 0 unspecified atom stereocenters. The van der Waals surface area contributed by atoms with Crippen LogP contribution in [0.5, 0.6) is 0 Å². The summed E-state index contributed by atoms with van der Waals surface area (Å²) in [4.78, 5) is 14.4. The number of nitrogens with zero attached hydrogens (tertiary/aromatic N) is 5. The lowest BCUT2D eigenvalue weighted by atomic mass is 9.87. The minimum absolute atomic E-state index is 0.0860. The molecule has 0 saturated heterocycles. The number of rotatable bonds is 8. The summed E-state index contributed by atoms with van der Waals surface area (Å²) >= 11 is 0. The summed E-state index contributed by atoms with van der Waals surface area (Å²) in [6.45, 7) is 11.1. The number of hydrogen-bond donors (Lipinski definition) is 0. The van der Waals surface area contributed by atoms with Crippen molar-refractivity contribution in [1.82, 2.24) is 9.13 Å². The number of aliphatic imine (C=N–C) groups is 3. The maximum Gasteiger partial charge on any atom is 0.161 e. The molecule has 9 aromatic carbocycles. The molecule has 11 rings (SSSR count). The van der Waals surface area contributed by atoms with Crippen molar-refractivity contribution in [3.05, 3.63) is 241 Å². The second-order valence-corrected chi connectivity index (χ2v) is 18.2. The van der Waals surface area contributed by atoms with Crippen LogP contribution in [0.3, 0.4) is 0 Å². The first-order valence-corrected chi connectivity index (χ1v) is 22.9. The first-order valence-electron chi connectivity index (χ1n) is 22.9. The van der Waals surface area contributed by atoms with Gasteiger partial charge in [-0.05, 0) is 100 Å². The van der Waals surface area contributed by atoms with Crippen molar-refractivity contribution in [1.29, 1.82) is 0 Å². The molecule has 0 atom stereocenters. The Kier molecular flexibility index (Phi) is 10.6. The molecule has 0 spiro atoms. The Balaban J connectivity index is 0.977. The molecular formula is C62H49N5. The molecular weight excluding hydrogens is 815 g/mol. The second-order valence-electron chi connectivity index (χ2n) is 18.2. The Hall–Kier alpha value is -8.41. The summed E-state index contributed by atoms with van der Waals surface area (Å²) in [5, 5.41) is 4.92. The zero-order valence-corrected chi connectivity index (χ0v) is 37.9. The normalized spacial score (nSPS) is 12.4. The third-order valence-corrected chi connectivity index (χ3v) is 12.9. The van der Waals surface area contributed by atoms with Crippen LogP contribution in [0.1, 0.15) is 43.0 Å². The van der Waals surface area contributed by atoms with Crippen LogP contribution in [0.15, 0.2) is 233 Å². The average molecular weight is 864 g/mol. The maximum absolute atomic E-state index is 5.06. The van der Waals surface area contributed by atoms with Crippen molar-refractivity contribution < 1.29 is 0 Å². The van der Waals surface area contributed by atoms with Gasteiger partial charge in [0.1, 0.15) is 0 Å². The predicted molar refractivity (Wildman–Crippen MR) is 284 cm³/mol. The van der Waals surface area contributed by atoms with Gasteiger partial charge in [-0.2, -0.15) is 0 Å². The van der Waals surface area contributed by atoms with Gasteiger partial charge in [-0.1, -0.05) is 185 Å². The molecule has 0 aliphatic heterocycles. The summed E-state index contributed by atoms with van der Waals surface area (Å²) < 4.78 is 4.80. The molecule has 0 saturated carbocycles. The molecule has 0 bridgehead atoms. The molecule has 0 aliphatic rings. The van der Waals surface area contributed by atoms with Gasteiger partial charge in [-0.25, -0.2) is 9.98 Å². The lowest BCUT2D eigenvalue weighted by Crippen LogP contribution is -2.10. The molecule has 0 fully saturated rings. The Labute approximate surface area is 391 Å². The minimum atomic E-state index is 0.0860. The highest BCUT2D eigenvalue weighted by atomic mass is 15.0. The Bertz CT molecular complexity index is 3680. The SMILES string of the molecule is C=N/C(=N\C(=N/Cc1ccccc1)c1cccc(-c2ccc3c4ccccc4n(-c4ccc(-c5ccc6c7ccccc7n(-c7ccc(C(C)(C)C)cc7)c6c5)cc4)c3c2)c1)c1ccccc1. The smallest absolute Gasteiger partial charge is 0.161 e. The van der Waals surface area contributed by atoms with Crippen LogP contribution in [-0.2, 0) is 12.0 Å². The zero-order valence-electron chi connectivity index (χ0n) is 37.9. The standard InChI is InChI=1S/C62H49N5/c1-62(2,3)49-30-34-51(35-31-49)67-57-25-14-12-22-52(57)54-36-28-46(39-58(54)67)43-26-32-50(33-27-43)66-56-24-13-11-23-53(56)55-37-29-47(40-59(55)66)45-20-15-21-48(38-45)61(64-41-42-16-7-5-8-17-42)65-60(63-4)44-18-9-6-10-19-44/h5-40H,4,41H2,1-3H3/b64-61-,65-60-. The zero-order chi connectivity index (χ0) is 45.5. The lowest BCUT2D eigenvalue weighted by molar-refractivity contribution is 0.590. The first-order chi connectivity index (χ1) is 32.8. The van der Waals surface area contributed by atoms with Gasteiger partial charge < -0.3 is 9.13 Å². The molecule has 5 nitrogen and oxygen atoms in total. The van der Waals surface area contributed by atoms with E-state index in [0.717, 1.165) is 50.2 Å². The van der Waals surface area contributed by atoms with Gasteiger partial charge in [-0.15, -0.1) is 0 Å². The van der Waals surface area contributed by atoms with E-state index in [1.54, 1.807) is 0 Å². The second kappa shape index (κ2) is 17.2. The number of aromatic nitrogens is 2. The minimum Gasteiger partial charge on any atom is -0.309 e. The third kappa shape index (κ3) is 7.85. The van der Waals surface area contributed by atoms with E-state index in [1.807, 2.05) is 48.5 Å². The number of amidine groups is 2. The fourth-order valence-corrected chi connectivity index (χ4v) is 9.43. The molecule has 11 aromatic rings. The van der Waals surface area contributed by atoms with Gasteiger partial charge in [0.05, 0.1) is 28.6 Å². The highest BCUT2D eigenvalue weighted by Crippen LogP contribution is 2.38. The van der Waals surface area contributed by atoms with Crippen LogP contribution in [0.2, 0.25) is 0 Å². The van der Waals surface area contributed by atoms with Crippen molar-refractivity contribution in [2.75, 3.05) is 0 Å². The van der Waals surface area contributed by atoms with Crippen molar-refractivity contribution in [3.63, 3.8) is 0 Å². The van der Waals surface area contributed by atoms with Gasteiger partial charge >= 0.3 is 0 Å². The van der Waals surface area contributed by atoms with Crippen LogP contribution >= 0.6 is 0 Å². The van der Waals surface area contributed by atoms with E-state index >= 15 is 0 Å². The lowest BCUT2D eigenvalue weighted by Gasteiger charge is -2.19. The van der Waals surface area contributed by atoms with Gasteiger partial charge in [0, 0.05) is 44.0 Å². The molecule has 0 aliphatic carbocycles. The van der Waals surface area contributed by atoms with Gasteiger partial charge in [-0.3, -0.25) is 4.99 Å². The van der Waals surface area contributed by atoms with Crippen LogP contribution < -0.4 is 0 Å². The van der Waals surface area contributed by atoms with E-state index in [0.29, 0.717) is 18.2 Å². The summed E-state index contributed by atoms with van der Waals surface area (Å²) in [5.74, 6) is 1.13. The Morgan fingerprint density at radius 1 is 0.418 bits per heavy atom. The molecule has 0 N–H and O–H groups in total. The van der Waals surface area contributed by atoms with Crippen molar-refractivity contribution in [3.8, 4) is 33.6 Å². The van der Waals surface area contributed by atoms with Crippen molar-refractivity contribution >= 4 is 62.0 Å². The molecule has 67 heavy (non-hydrogen) atoms. The van der Waals surface area contributed by atoms with Gasteiger partial charge in [0.15, 0.2) is 11.7 Å². The topological polar surface area (TPSA) is 46.9 Å². The number of fused-ring (bicyclic) bond motifs is 6. The first kappa shape index (κ1) is 41.3. The number of para-hydroxylation sites is 2.